The molecular weight excluding hydrogens is 280 g/mol. The Hall–Kier alpha value is -1.72. The van der Waals surface area contributed by atoms with Crippen LogP contribution in [0.15, 0.2) is 18.2 Å². The van der Waals surface area contributed by atoms with Crippen LogP contribution in [-0.2, 0) is 14.3 Å². The van der Waals surface area contributed by atoms with Crippen LogP contribution in [-0.4, -0.2) is 65.9 Å². The lowest BCUT2D eigenvalue weighted by Gasteiger charge is -2.17. The van der Waals surface area contributed by atoms with E-state index in [1.54, 1.807) is 14.2 Å². The fraction of sp³-hybridized carbons (Fsp3) is 0.529. The van der Waals surface area contributed by atoms with Gasteiger partial charge in [-0.15, -0.1) is 0 Å². The number of anilines is 1. The number of carbonyl (C=O) groups is 2. The number of aryl methyl sites for hydroxylation is 2. The van der Waals surface area contributed by atoms with Crippen molar-refractivity contribution in [2.24, 2.45) is 0 Å². The van der Waals surface area contributed by atoms with Crippen molar-refractivity contribution in [3.05, 3.63) is 29.3 Å². The first-order chi connectivity index (χ1) is 10.3. The second kappa shape index (κ2) is 14.2. The van der Waals surface area contributed by atoms with E-state index in [9.17, 15) is 9.59 Å². The Morgan fingerprint density at radius 2 is 1.32 bits per heavy atom. The number of aldehydes is 2. The maximum Gasteiger partial charge on any atom is 0.139 e. The van der Waals surface area contributed by atoms with Gasteiger partial charge in [-0.1, -0.05) is 6.07 Å². The van der Waals surface area contributed by atoms with E-state index < -0.39 is 0 Å². The number of hydrogen-bond acceptors (Lipinski definition) is 5. The molecular formula is C17H30N2O3. The third kappa shape index (κ3) is 13.3. The summed E-state index contributed by atoms with van der Waals surface area (Å²) in [7, 11) is 8.88. The van der Waals surface area contributed by atoms with Crippen molar-refractivity contribution in [2.75, 3.05) is 53.4 Å². The average Bonchev–Trinajstić information content (AvgIpc) is 2.39. The topological polar surface area (TPSA) is 49.9 Å². The first-order valence-electron chi connectivity index (χ1n) is 7.03. The summed E-state index contributed by atoms with van der Waals surface area (Å²) in [6.07, 6.45) is 1.79. The van der Waals surface area contributed by atoms with Gasteiger partial charge in [0, 0.05) is 27.0 Å². The summed E-state index contributed by atoms with van der Waals surface area (Å²) in [4.78, 5) is 23.6. The van der Waals surface area contributed by atoms with Crippen LogP contribution in [0.5, 0.6) is 0 Å². The summed E-state index contributed by atoms with van der Waals surface area (Å²) in [6.45, 7) is 5.10. The molecule has 0 saturated carbocycles. The van der Waals surface area contributed by atoms with Crippen molar-refractivity contribution in [1.82, 2.24) is 4.90 Å². The molecule has 0 aliphatic rings. The zero-order valence-corrected chi connectivity index (χ0v) is 14.9. The van der Waals surface area contributed by atoms with Crippen LogP contribution in [0.1, 0.15) is 11.1 Å². The molecule has 0 N–H and O–H groups in total. The minimum absolute atomic E-state index is 0.447. The van der Waals surface area contributed by atoms with Gasteiger partial charge in [0.15, 0.2) is 0 Å². The monoisotopic (exact) mass is 310 g/mol. The lowest BCUT2D eigenvalue weighted by Crippen LogP contribution is -2.19. The van der Waals surface area contributed by atoms with Gasteiger partial charge in [0.2, 0.25) is 0 Å². The van der Waals surface area contributed by atoms with Gasteiger partial charge in [-0.3, -0.25) is 0 Å². The van der Waals surface area contributed by atoms with E-state index in [1.165, 1.54) is 11.1 Å². The fourth-order valence-corrected chi connectivity index (χ4v) is 1.54. The minimum atomic E-state index is 0.447. The van der Waals surface area contributed by atoms with Crippen molar-refractivity contribution in [3.8, 4) is 0 Å². The maximum absolute atomic E-state index is 10.3. The van der Waals surface area contributed by atoms with Crippen LogP contribution in [0.3, 0.4) is 0 Å². The van der Waals surface area contributed by atoms with E-state index in [0.29, 0.717) is 13.1 Å². The van der Waals surface area contributed by atoms with Crippen LogP contribution >= 0.6 is 0 Å². The van der Waals surface area contributed by atoms with Gasteiger partial charge in [-0.2, -0.15) is 0 Å². The molecule has 5 nitrogen and oxygen atoms in total. The normalized spacial score (nSPS) is 9.09. The number of hydrogen-bond donors (Lipinski definition) is 0. The van der Waals surface area contributed by atoms with Crippen LogP contribution in [0.25, 0.3) is 0 Å². The molecule has 0 aromatic heterocycles. The molecule has 0 aliphatic heterocycles. The molecule has 1 aromatic carbocycles. The highest BCUT2D eigenvalue weighted by atomic mass is 16.4. The predicted octanol–water partition coefficient (Wildman–Crippen LogP) is 1.95. The highest BCUT2D eigenvalue weighted by molar-refractivity contribution is 5.61. The minimum Gasteiger partial charge on any atom is -0.388 e. The number of methoxy groups -OCH3 is 1. The number of rotatable bonds is 5. The molecule has 0 heterocycles. The summed E-state index contributed by atoms with van der Waals surface area (Å²) in [5.74, 6) is 0. The van der Waals surface area contributed by atoms with E-state index in [0.717, 1.165) is 18.3 Å². The Kier molecular flexibility index (Phi) is 14.6. The molecule has 0 aliphatic carbocycles. The maximum atomic E-state index is 10.3. The molecule has 126 valence electrons. The highest BCUT2D eigenvalue weighted by Gasteiger charge is 2.00. The predicted molar refractivity (Wildman–Crippen MR) is 92.8 cm³/mol. The van der Waals surface area contributed by atoms with Gasteiger partial charge >= 0.3 is 0 Å². The Labute approximate surface area is 134 Å². The van der Waals surface area contributed by atoms with Crippen LogP contribution in [0.2, 0.25) is 0 Å². The van der Waals surface area contributed by atoms with Gasteiger partial charge in [0.25, 0.3) is 0 Å². The third-order valence-electron chi connectivity index (χ3n) is 2.44. The number of carbonyl (C=O) groups excluding carboxylic acids is 2. The van der Waals surface area contributed by atoms with E-state index in [-0.39, 0.29) is 0 Å². The van der Waals surface area contributed by atoms with Crippen molar-refractivity contribution in [1.29, 1.82) is 0 Å². The largest absolute Gasteiger partial charge is 0.388 e. The summed E-state index contributed by atoms with van der Waals surface area (Å²) >= 11 is 0. The first-order valence-corrected chi connectivity index (χ1v) is 7.03. The molecule has 1 aromatic rings. The van der Waals surface area contributed by atoms with Gasteiger partial charge in [-0.05, 0) is 51.2 Å². The Balaban J connectivity index is 0. The average molecular weight is 310 g/mol. The lowest BCUT2D eigenvalue weighted by atomic mass is 10.1. The smallest absolute Gasteiger partial charge is 0.139 e. The van der Waals surface area contributed by atoms with Gasteiger partial charge in [-0.25, -0.2) is 0 Å². The molecule has 0 unspecified atom stereocenters. The first kappa shape index (κ1) is 22.6. The number of nitrogens with zero attached hydrogens (tertiary/aromatic N) is 2. The zero-order chi connectivity index (χ0) is 17.5. The van der Waals surface area contributed by atoms with E-state index in [2.05, 4.69) is 36.8 Å². The number of likely N-dealkylation sites (N-methyl/N-ethyl adjacent to an activating group) is 2. The molecule has 0 atom stereocenters. The second-order valence-electron chi connectivity index (χ2n) is 5.23. The molecule has 1 rings (SSSR count). The molecule has 0 spiro atoms. The lowest BCUT2D eigenvalue weighted by molar-refractivity contribution is -0.108. The van der Waals surface area contributed by atoms with E-state index >= 15 is 0 Å². The Morgan fingerprint density at radius 1 is 0.909 bits per heavy atom. The van der Waals surface area contributed by atoms with E-state index in [1.807, 2.05) is 30.9 Å². The summed E-state index contributed by atoms with van der Waals surface area (Å²) in [6, 6.07) is 6.28. The van der Waals surface area contributed by atoms with Gasteiger partial charge in [0.1, 0.15) is 12.6 Å². The molecule has 0 saturated heterocycles. The van der Waals surface area contributed by atoms with Crippen molar-refractivity contribution in [2.45, 2.75) is 13.8 Å². The van der Waals surface area contributed by atoms with Crippen LogP contribution in [0, 0.1) is 13.8 Å². The fourth-order valence-electron chi connectivity index (χ4n) is 1.54. The van der Waals surface area contributed by atoms with Crippen molar-refractivity contribution < 1.29 is 14.3 Å². The number of benzene rings is 1. The van der Waals surface area contributed by atoms with Gasteiger partial charge < -0.3 is 24.1 Å². The number of ether oxygens (including phenoxy) is 1. The third-order valence-corrected chi connectivity index (χ3v) is 2.44. The van der Waals surface area contributed by atoms with Crippen molar-refractivity contribution >= 4 is 18.3 Å². The standard InChI is InChI=1S/C11H15NO.C4H9NO.C2H6O/c1-9-6-10(2)8-11(7-9)12(3)4-5-13;1-5(2)3-4-6;1-3-2/h5-8H,4H2,1-3H3;4H,3H2,1-2H3;1-2H3. The molecule has 0 fully saturated rings. The Bertz CT molecular complexity index is 400. The summed E-state index contributed by atoms with van der Waals surface area (Å²) < 4.78 is 4.25. The summed E-state index contributed by atoms with van der Waals surface area (Å²) in [5, 5.41) is 0. The van der Waals surface area contributed by atoms with Crippen LogP contribution < -0.4 is 4.90 Å². The Morgan fingerprint density at radius 3 is 1.59 bits per heavy atom. The molecule has 0 amide bonds. The van der Waals surface area contributed by atoms with Crippen LogP contribution in [0.4, 0.5) is 5.69 Å². The quantitative estimate of drug-likeness (QED) is 0.778. The molecule has 5 heteroatoms. The molecule has 22 heavy (non-hydrogen) atoms. The SMILES string of the molecule is CN(C)CC=O.COC.Cc1cc(C)cc(N(C)CC=O)c1. The molecule has 0 radical (unpaired) electrons. The van der Waals surface area contributed by atoms with E-state index in [4.69, 9.17) is 0 Å². The zero-order valence-electron chi connectivity index (χ0n) is 14.9. The molecule has 0 bridgehead atoms. The van der Waals surface area contributed by atoms with Gasteiger partial charge in [0.05, 0.1) is 13.1 Å². The second-order valence-corrected chi connectivity index (χ2v) is 5.23. The van der Waals surface area contributed by atoms with Crippen molar-refractivity contribution in [3.63, 3.8) is 0 Å². The highest BCUT2D eigenvalue weighted by Crippen LogP contribution is 2.16. The summed E-state index contributed by atoms with van der Waals surface area (Å²) in [5.41, 5.74) is 3.56.